The van der Waals surface area contributed by atoms with E-state index in [0.29, 0.717) is 5.92 Å². The van der Waals surface area contributed by atoms with E-state index < -0.39 is 0 Å². The molecule has 0 aliphatic rings. The first-order valence-electron chi connectivity index (χ1n) is 6.20. The summed E-state index contributed by atoms with van der Waals surface area (Å²) in [5, 5.41) is 3.43. The minimum Gasteiger partial charge on any atom is -0.493 e. The molecule has 1 aromatic carbocycles. The van der Waals surface area contributed by atoms with Crippen molar-refractivity contribution in [2.24, 2.45) is 5.92 Å². The molecule has 1 rings (SSSR count). The minimum atomic E-state index is 0.716. The summed E-state index contributed by atoms with van der Waals surface area (Å²) in [5.41, 5.74) is 1.10. The highest BCUT2D eigenvalue weighted by molar-refractivity contribution is 9.10. The highest BCUT2D eigenvalue weighted by Gasteiger charge is 2.13. The van der Waals surface area contributed by atoms with Crippen LogP contribution in [0.2, 0.25) is 0 Å². The molecule has 0 heterocycles. The van der Waals surface area contributed by atoms with Crippen LogP contribution in [0.3, 0.4) is 0 Å². The Morgan fingerprint density at radius 1 is 1.22 bits per heavy atom. The number of hydrogen-bond acceptors (Lipinski definition) is 3. The van der Waals surface area contributed by atoms with Crippen molar-refractivity contribution in [3.63, 3.8) is 0 Å². The summed E-state index contributed by atoms with van der Waals surface area (Å²) < 4.78 is 11.8. The monoisotopic (exact) mass is 315 g/mol. The molecule has 0 unspecified atom stereocenters. The van der Waals surface area contributed by atoms with Gasteiger partial charge in [-0.2, -0.15) is 0 Å². The second-order valence-corrected chi connectivity index (χ2v) is 5.48. The van der Waals surface area contributed by atoms with Gasteiger partial charge in [-0.05, 0) is 31.0 Å². The quantitative estimate of drug-likeness (QED) is 0.780. The fourth-order valence-corrected chi connectivity index (χ4v) is 2.19. The maximum Gasteiger partial charge on any atom is 0.166 e. The Morgan fingerprint density at radius 3 is 2.50 bits per heavy atom. The molecule has 0 aromatic heterocycles. The molecule has 0 fully saturated rings. The topological polar surface area (TPSA) is 30.5 Å². The molecule has 1 aromatic rings. The predicted octanol–water partition coefficient (Wildman–Crippen LogP) is 3.60. The average molecular weight is 316 g/mol. The molecule has 0 spiro atoms. The number of halogens is 1. The van der Waals surface area contributed by atoms with E-state index >= 15 is 0 Å². The van der Waals surface area contributed by atoms with E-state index in [9.17, 15) is 0 Å². The highest BCUT2D eigenvalue weighted by atomic mass is 79.9. The maximum absolute atomic E-state index is 5.43. The number of rotatable bonds is 7. The number of hydrogen-bond donors (Lipinski definition) is 1. The summed E-state index contributed by atoms with van der Waals surface area (Å²) in [6.45, 7) is 6.23. The largest absolute Gasteiger partial charge is 0.493 e. The van der Waals surface area contributed by atoms with Crippen LogP contribution in [0.5, 0.6) is 11.5 Å². The third-order valence-corrected chi connectivity index (χ3v) is 3.53. The lowest BCUT2D eigenvalue weighted by Gasteiger charge is -2.15. The third kappa shape index (κ3) is 4.18. The zero-order chi connectivity index (χ0) is 13.5. The molecule has 3 nitrogen and oxygen atoms in total. The summed E-state index contributed by atoms with van der Waals surface area (Å²) in [4.78, 5) is 0. The van der Waals surface area contributed by atoms with Gasteiger partial charge in [0.25, 0.3) is 0 Å². The molecule has 0 bridgehead atoms. The van der Waals surface area contributed by atoms with Gasteiger partial charge in [-0.3, -0.25) is 0 Å². The van der Waals surface area contributed by atoms with Crippen molar-refractivity contribution in [1.29, 1.82) is 0 Å². The van der Waals surface area contributed by atoms with E-state index in [1.165, 1.54) is 6.42 Å². The van der Waals surface area contributed by atoms with Crippen LogP contribution < -0.4 is 14.8 Å². The molecule has 0 atom stereocenters. The molecular weight excluding hydrogens is 294 g/mol. The normalized spacial score (nSPS) is 10.8. The Labute approximate surface area is 118 Å². The van der Waals surface area contributed by atoms with Gasteiger partial charge in [0.1, 0.15) is 0 Å². The lowest BCUT2D eigenvalue weighted by Crippen LogP contribution is -2.17. The van der Waals surface area contributed by atoms with E-state index in [1.807, 2.05) is 12.1 Å². The van der Waals surface area contributed by atoms with Crippen LogP contribution in [0.4, 0.5) is 0 Å². The van der Waals surface area contributed by atoms with Gasteiger partial charge in [0.15, 0.2) is 11.5 Å². The summed E-state index contributed by atoms with van der Waals surface area (Å²) >= 11 is 3.56. The number of methoxy groups -OCH3 is 2. The Kier molecular flexibility index (Phi) is 6.50. The summed E-state index contributed by atoms with van der Waals surface area (Å²) in [6.07, 6.45) is 1.17. The van der Waals surface area contributed by atoms with Gasteiger partial charge >= 0.3 is 0 Å². The Bertz CT molecular complexity index is 380. The Morgan fingerprint density at radius 2 is 1.94 bits per heavy atom. The number of ether oxygens (including phenoxy) is 2. The van der Waals surface area contributed by atoms with Gasteiger partial charge in [-0.25, -0.2) is 0 Å². The first-order chi connectivity index (χ1) is 8.60. The fraction of sp³-hybridized carbons (Fsp3) is 0.571. The van der Waals surface area contributed by atoms with Gasteiger partial charge in [-0.15, -0.1) is 0 Å². The standard InChI is InChI=1S/C14H22BrNO2/c1-10(2)7-8-16-9-11-12(15)5-6-13(17-3)14(11)18-4/h5-6,10,16H,7-9H2,1-4H3. The summed E-state index contributed by atoms with van der Waals surface area (Å²) in [7, 11) is 3.32. The number of benzene rings is 1. The van der Waals surface area contributed by atoms with Crippen molar-refractivity contribution in [2.75, 3.05) is 20.8 Å². The number of nitrogens with one attached hydrogen (secondary N) is 1. The molecule has 1 N–H and O–H groups in total. The van der Waals surface area contributed by atoms with E-state index in [4.69, 9.17) is 9.47 Å². The van der Waals surface area contributed by atoms with Gasteiger partial charge in [0, 0.05) is 16.6 Å². The average Bonchev–Trinajstić information content (AvgIpc) is 2.35. The van der Waals surface area contributed by atoms with Crippen molar-refractivity contribution in [3.8, 4) is 11.5 Å². The van der Waals surface area contributed by atoms with Crippen molar-refractivity contribution >= 4 is 15.9 Å². The van der Waals surface area contributed by atoms with E-state index in [0.717, 1.165) is 34.6 Å². The zero-order valence-corrected chi connectivity index (χ0v) is 13.1. The second-order valence-electron chi connectivity index (χ2n) is 4.62. The maximum atomic E-state index is 5.43. The first kappa shape index (κ1) is 15.3. The molecule has 0 aliphatic heterocycles. The molecule has 0 amide bonds. The first-order valence-corrected chi connectivity index (χ1v) is 6.99. The minimum absolute atomic E-state index is 0.716. The zero-order valence-electron chi connectivity index (χ0n) is 11.5. The molecule has 4 heteroatoms. The van der Waals surface area contributed by atoms with Crippen LogP contribution >= 0.6 is 15.9 Å². The molecule has 0 radical (unpaired) electrons. The third-order valence-electron chi connectivity index (χ3n) is 2.79. The molecule has 18 heavy (non-hydrogen) atoms. The van der Waals surface area contributed by atoms with E-state index in [2.05, 4.69) is 35.1 Å². The van der Waals surface area contributed by atoms with Crippen LogP contribution in [-0.4, -0.2) is 20.8 Å². The van der Waals surface area contributed by atoms with Crippen LogP contribution in [0.1, 0.15) is 25.8 Å². The lowest BCUT2D eigenvalue weighted by molar-refractivity contribution is 0.350. The van der Waals surface area contributed by atoms with Crippen molar-refractivity contribution < 1.29 is 9.47 Å². The van der Waals surface area contributed by atoms with Crippen molar-refractivity contribution in [2.45, 2.75) is 26.8 Å². The van der Waals surface area contributed by atoms with Crippen LogP contribution in [0, 0.1) is 5.92 Å². The second kappa shape index (κ2) is 7.64. The molecule has 0 saturated carbocycles. The van der Waals surface area contributed by atoms with Crippen LogP contribution in [0.25, 0.3) is 0 Å². The van der Waals surface area contributed by atoms with Gasteiger partial charge in [0.05, 0.1) is 14.2 Å². The van der Waals surface area contributed by atoms with E-state index in [-0.39, 0.29) is 0 Å². The molecule has 0 saturated heterocycles. The van der Waals surface area contributed by atoms with Crippen molar-refractivity contribution in [3.05, 3.63) is 22.2 Å². The molecule has 102 valence electrons. The Hall–Kier alpha value is -0.740. The van der Waals surface area contributed by atoms with E-state index in [1.54, 1.807) is 14.2 Å². The highest BCUT2D eigenvalue weighted by Crippen LogP contribution is 2.35. The predicted molar refractivity (Wildman–Crippen MR) is 78.4 cm³/mol. The lowest BCUT2D eigenvalue weighted by atomic mass is 10.1. The smallest absolute Gasteiger partial charge is 0.166 e. The SMILES string of the molecule is COc1ccc(Br)c(CNCCC(C)C)c1OC. The molecular formula is C14H22BrNO2. The molecule has 0 aliphatic carbocycles. The van der Waals surface area contributed by atoms with Crippen LogP contribution in [-0.2, 0) is 6.54 Å². The summed E-state index contributed by atoms with van der Waals surface area (Å²) in [5.74, 6) is 2.28. The van der Waals surface area contributed by atoms with Gasteiger partial charge in [0.2, 0.25) is 0 Å². The fourth-order valence-electron chi connectivity index (χ4n) is 1.74. The van der Waals surface area contributed by atoms with Crippen molar-refractivity contribution in [1.82, 2.24) is 5.32 Å². The van der Waals surface area contributed by atoms with Crippen LogP contribution in [0.15, 0.2) is 16.6 Å². The Balaban J connectivity index is 2.74. The summed E-state index contributed by atoms with van der Waals surface area (Å²) in [6, 6.07) is 3.89. The van der Waals surface area contributed by atoms with Gasteiger partial charge in [-0.1, -0.05) is 29.8 Å². The van der Waals surface area contributed by atoms with Gasteiger partial charge < -0.3 is 14.8 Å².